The largest absolute Gasteiger partial charge is 0.383 e. The van der Waals surface area contributed by atoms with E-state index in [-0.39, 0.29) is 11.9 Å². The van der Waals surface area contributed by atoms with Crippen LogP contribution in [0.3, 0.4) is 0 Å². The number of carbonyl (C=O) groups excluding carboxylic acids is 1. The fourth-order valence-electron chi connectivity index (χ4n) is 3.34. The van der Waals surface area contributed by atoms with Crippen LogP contribution < -0.4 is 0 Å². The Hall–Kier alpha value is -1.78. The molecule has 0 spiro atoms. The van der Waals surface area contributed by atoms with Crippen LogP contribution in [0.2, 0.25) is 0 Å². The number of hydrogen-bond donors (Lipinski definition) is 0. The van der Waals surface area contributed by atoms with Gasteiger partial charge in [0.15, 0.2) is 0 Å². The van der Waals surface area contributed by atoms with E-state index in [9.17, 15) is 4.79 Å². The maximum Gasteiger partial charge on any atom is 0.254 e. The van der Waals surface area contributed by atoms with Gasteiger partial charge in [0, 0.05) is 24.1 Å². The Morgan fingerprint density at radius 3 is 2.88 bits per heavy atom. The first-order valence-corrected chi connectivity index (χ1v) is 9.50. The van der Waals surface area contributed by atoms with Crippen LogP contribution in [-0.4, -0.2) is 43.4 Å². The van der Waals surface area contributed by atoms with Crippen LogP contribution in [0.15, 0.2) is 53.4 Å². The SMILES string of the molecule is COC[C@@H]1CCCN1C(=O)c1cccc(-c2ccccc2SC)c1. The van der Waals surface area contributed by atoms with Gasteiger partial charge in [0.2, 0.25) is 0 Å². The molecule has 0 radical (unpaired) electrons. The summed E-state index contributed by atoms with van der Waals surface area (Å²) in [6, 6.07) is 16.5. The second kappa shape index (κ2) is 7.86. The molecular formula is C20H23NO2S. The van der Waals surface area contributed by atoms with Crippen LogP contribution in [0.5, 0.6) is 0 Å². The van der Waals surface area contributed by atoms with Crippen LogP contribution in [0.1, 0.15) is 23.2 Å². The molecule has 1 fully saturated rings. The first-order valence-electron chi connectivity index (χ1n) is 8.28. The number of benzene rings is 2. The summed E-state index contributed by atoms with van der Waals surface area (Å²) >= 11 is 1.72. The third-order valence-electron chi connectivity index (χ3n) is 4.52. The van der Waals surface area contributed by atoms with E-state index in [4.69, 9.17) is 4.74 Å². The maximum atomic E-state index is 12.9. The number of nitrogens with zero attached hydrogens (tertiary/aromatic N) is 1. The van der Waals surface area contributed by atoms with Gasteiger partial charge in [0.1, 0.15) is 0 Å². The number of carbonyl (C=O) groups is 1. The summed E-state index contributed by atoms with van der Waals surface area (Å²) in [7, 11) is 1.70. The van der Waals surface area contributed by atoms with Gasteiger partial charge in [-0.2, -0.15) is 0 Å². The van der Waals surface area contributed by atoms with E-state index in [1.165, 1.54) is 10.5 Å². The van der Waals surface area contributed by atoms with Gasteiger partial charge in [-0.1, -0.05) is 30.3 Å². The van der Waals surface area contributed by atoms with Crippen molar-refractivity contribution in [3.63, 3.8) is 0 Å². The van der Waals surface area contributed by atoms with E-state index in [1.807, 2.05) is 35.2 Å². The second-order valence-electron chi connectivity index (χ2n) is 6.03. The third kappa shape index (κ3) is 3.50. The number of hydrogen-bond acceptors (Lipinski definition) is 3. The molecule has 1 saturated heterocycles. The van der Waals surface area contributed by atoms with Crippen molar-refractivity contribution in [2.75, 3.05) is 26.5 Å². The van der Waals surface area contributed by atoms with Gasteiger partial charge in [-0.3, -0.25) is 4.79 Å². The van der Waals surface area contributed by atoms with Crippen molar-refractivity contribution in [3.05, 3.63) is 54.1 Å². The summed E-state index contributed by atoms with van der Waals surface area (Å²) in [5.74, 6) is 0.109. The topological polar surface area (TPSA) is 29.5 Å². The highest BCUT2D eigenvalue weighted by atomic mass is 32.2. The summed E-state index contributed by atoms with van der Waals surface area (Å²) in [5, 5.41) is 0. The zero-order valence-electron chi connectivity index (χ0n) is 14.2. The minimum Gasteiger partial charge on any atom is -0.383 e. The number of methoxy groups -OCH3 is 1. The number of likely N-dealkylation sites (tertiary alicyclic amines) is 1. The predicted octanol–water partition coefficient (Wildman–Crippen LogP) is 4.33. The minimum atomic E-state index is 0.109. The van der Waals surface area contributed by atoms with Crippen molar-refractivity contribution in [2.45, 2.75) is 23.8 Å². The van der Waals surface area contributed by atoms with Gasteiger partial charge >= 0.3 is 0 Å². The average Bonchev–Trinajstić information content (AvgIpc) is 3.09. The monoisotopic (exact) mass is 341 g/mol. The Labute approximate surface area is 148 Å². The Balaban J connectivity index is 1.89. The number of ether oxygens (including phenoxy) is 1. The molecule has 0 aromatic heterocycles. The Morgan fingerprint density at radius 2 is 2.08 bits per heavy atom. The molecule has 3 nitrogen and oxygen atoms in total. The molecule has 1 aliphatic rings. The van der Waals surface area contributed by atoms with Crippen molar-refractivity contribution >= 4 is 17.7 Å². The number of amides is 1. The molecule has 0 saturated carbocycles. The molecule has 1 heterocycles. The van der Waals surface area contributed by atoms with Gasteiger partial charge in [-0.25, -0.2) is 0 Å². The van der Waals surface area contributed by atoms with Gasteiger partial charge in [0.05, 0.1) is 12.6 Å². The van der Waals surface area contributed by atoms with Crippen molar-refractivity contribution in [1.29, 1.82) is 0 Å². The molecule has 126 valence electrons. The lowest BCUT2D eigenvalue weighted by Gasteiger charge is -2.24. The fraction of sp³-hybridized carbons (Fsp3) is 0.350. The zero-order valence-corrected chi connectivity index (χ0v) is 15.0. The first kappa shape index (κ1) is 17.1. The molecule has 1 aliphatic heterocycles. The third-order valence-corrected chi connectivity index (χ3v) is 5.32. The zero-order chi connectivity index (χ0) is 16.9. The minimum absolute atomic E-state index is 0.109. The Morgan fingerprint density at radius 1 is 1.25 bits per heavy atom. The molecule has 1 atom stereocenters. The smallest absolute Gasteiger partial charge is 0.254 e. The average molecular weight is 341 g/mol. The van der Waals surface area contributed by atoms with Crippen LogP contribution in [0, 0.1) is 0 Å². The standard InChI is InChI=1S/C20H23NO2S/c1-23-14-17-9-6-12-21(17)20(22)16-8-5-7-15(13-16)18-10-3-4-11-19(18)24-2/h3-5,7-8,10-11,13,17H,6,9,12,14H2,1-2H3/t17-/m0/s1. The molecule has 0 unspecified atom stereocenters. The van der Waals surface area contributed by atoms with Crippen molar-refractivity contribution in [2.24, 2.45) is 0 Å². The van der Waals surface area contributed by atoms with E-state index >= 15 is 0 Å². The molecule has 0 aliphatic carbocycles. The van der Waals surface area contributed by atoms with E-state index in [0.29, 0.717) is 6.61 Å². The highest BCUT2D eigenvalue weighted by Gasteiger charge is 2.29. The van der Waals surface area contributed by atoms with Gasteiger partial charge in [0.25, 0.3) is 5.91 Å². The molecule has 3 rings (SSSR count). The number of thioether (sulfide) groups is 1. The van der Waals surface area contributed by atoms with E-state index < -0.39 is 0 Å². The molecule has 4 heteroatoms. The van der Waals surface area contributed by atoms with Crippen molar-refractivity contribution in [3.8, 4) is 11.1 Å². The molecule has 2 aromatic carbocycles. The van der Waals surface area contributed by atoms with Crippen molar-refractivity contribution < 1.29 is 9.53 Å². The lowest BCUT2D eigenvalue weighted by atomic mass is 10.0. The summed E-state index contributed by atoms with van der Waals surface area (Å²) in [6.07, 6.45) is 4.15. The Bertz CT molecular complexity index is 716. The quantitative estimate of drug-likeness (QED) is 0.758. The molecule has 24 heavy (non-hydrogen) atoms. The van der Waals surface area contributed by atoms with E-state index in [0.717, 1.165) is 30.5 Å². The summed E-state index contributed by atoms with van der Waals surface area (Å²) in [6.45, 7) is 1.43. The highest BCUT2D eigenvalue weighted by Crippen LogP contribution is 2.31. The first-order chi connectivity index (χ1) is 11.7. The van der Waals surface area contributed by atoms with Crippen LogP contribution in [0.4, 0.5) is 0 Å². The van der Waals surface area contributed by atoms with E-state index in [1.54, 1.807) is 18.9 Å². The van der Waals surface area contributed by atoms with Crippen LogP contribution in [-0.2, 0) is 4.74 Å². The van der Waals surface area contributed by atoms with Crippen molar-refractivity contribution in [1.82, 2.24) is 4.90 Å². The fourth-order valence-corrected chi connectivity index (χ4v) is 3.96. The van der Waals surface area contributed by atoms with Gasteiger partial charge < -0.3 is 9.64 Å². The lowest BCUT2D eigenvalue weighted by molar-refractivity contribution is 0.0630. The van der Waals surface area contributed by atoms with Crippen LogP contribution >= 0.6 is 11.8 Å². The summed E-state index contributed by atoms with van der Waals surface area (Å²) in [4.78, 5) is 16.1. The predicted molar refractivity (Wildman–Crippen MR) is 99.6 cm³/mol. The van der Waals surface area contributed by atoms with Gasteiger partial charge in [-0.05, 0) is 48.4 Å². The summed E-state index contributed by atoms with van der Waals surface area (Å²) in [5.41, 5.74) is 3.02. The lowest BCUT2D eigenvalue weighted by Crippen LogP contribution is -2.38. The molecule has 0 N–H and O–H groups in total. The van der Waals surface area contributed by atoms with Crippen LogP contribution in [0.25, 0.3) is 11.1 Å². The summed E-state index contributed by atoms with van der Waals surface area (Å²) < 4.78 is 5.27. The molecule has 0 bridgehead atoms. The highest BCUT2D eigenvalue weighted by molar-refractivity contribution is 7.98. The molecule has 2 aromatic rings. The van der Waals surface area contributed by atoms with E-state index in [2.05, 4.69) is 24.5 Å². The maximum absolute atomic E-state index is 12.9. The van der Waals surface area contributed by atoms with Gasteiger partial charge in [-0.15, -0.1) is 11.8 Å². The normalized spacial score (nSPS) is 17.2. The second-order valence-corrected chi connectivity index (χ2v) is 6.88. The molecule has 1 amide bonds. The molecular weight excluding hydrogens is 318 g/mol. The Kier molecular flexibility index (Phi) is 5.59. The number of rotatable bonds is 5.